The van der Waals surface area contributed by atoms with Gasteiger partial charge in [0.1, 0.15) is 0 Å². The summed E-state index contributed by atoms with van der Waals surface area (Å²) in [6.07, 6.45) is 7.23. The standard InChI is InChI=1S/C15H24/c1-10-7-8-15-11(2)5-6-12(9-13(10)15)14(15,3)4/h11-12H,5-9H2,1-4H3/t11-,12+,15-/m1/s1. The van der Waals surface area contributed by atoms with Crippen molar-refractivity contribution >= 4 is 0 Å². The molecular formula is C15H24. The van der Waals surface area contributed by atoms with Crippen LogP contribution in [-0.4, -0.2) is 0 Å². The zero-order chi connectivity index (χ0) is 10.8. The number of hydrogen-bond acceptors (Lipinski definition) is 0. The molecule has 2 bridgehead atoms. The minimum Gasteiger partial charge on any atom is -0.0735 e. The van der Waals surface area contributed by atoms with Gasteiger partial charge in [0.25, 0.3) is 0 Å². The Kier molecular flexibility index (Phi) is 1.79. The number of allylic oxidation sites excluding steroid dienone is 2. The van der Waals surface area contributed by atoms with Gasteiger partial charge in [-0.15, -0.1) is 0 Å². The molecule has 2 fully saturated rings. The van der Waals surface area contributed by atoms with Crippen LogP contribution in [0.4, 0.5) is 0 Å². The first-order valence-electron chi connectivity index (χ1n) is 6.69. The maximum Gasteiger partial charge on any atom is -0.000292 e. The molecule has 0 aliphatic heterocycles. The summed E-state index contributed by atoms with van der Waals surface area (Å²) in [6, 6.07) is 0. The van der Waals surface area contributed by atoms with Crippen molar-refractivity contribution in [3.63, 3.8) is 0 Å². The highest BCUT2D eigenvalue weighted by molar-refractivity contribution is 5.37. The van der Waals surface area contributed by atoms with Gasteiger partial charge in [0.2, 0.25) is 0 Å². The lowest BCUT2D eigenvalue weighted by Gasteiger charge is -2.51. The molecule has 0 radical (unpaired) electrons. The van der Waals surface area contributed by atoms with E-state index < -0.39 is 0 Å². The summed E-state index contributed by atoms with van der Waals surface area (Å²) in [6.45, 7) is 10.0. The smallest absolute Gasteiger partial charge is 0.000292 e. The molecule has 0 nitrogen and oxygen atoms in total. The SMILES string of the molecule is CC1=C2C[C@@H]3CC[C@@H](C)[C@@]2(CC1)C3(C)C. The summed E-state index contributed by atoms with van der Waals surface area (Å²) in [5.41, 5.74) is 4.83. The molecular weight excluding hydrogens is 180 g/mol. The Hall–Kier alpha value is -0.260. The first-order chi connectivity index (χ1) is 7.00. The van der Waals surface area contributed by atoms with E-state index in [-0.39, 0.29) is 0 Å². The van der Waals surface area contributed by atoms with E-state index in [4.69, 9.17) is 0 Å². The fourth-order valence-corrected chi connectivity index (χ4v) is 5.34. The van der Waals surface area contributed by atoms with Gasteiger partial charge in [-0.3, -0.25) is 0 Å². The van der Waals surface area contributed by atoms with Crippen LogP contribution in [0.15, 0.2) is 11.1 Å². The Morgan fingerprint density at radius 1 is 1.20 bits per heavy atom. The molecule has 0 N–H and O–H groups in total. The normalized spacial score (nSPS) is 47.2. The predicted octanol–water partition coefficient (Wildman–Crippen LogP) is 4.56. The van der Waals surface area contributed by atoms with Gasteiger partial charge < -0.3 is 0 Å². The second kappa shape index (κ2) is 2.70. The number of hydrogen-bond donors (Lipinski definition) is 0. The average molecular weight is 204 g/mol. The fourth-order valence-electron chi connectivity index (χ4n) is 5.34. The van der Waals surface area contributed by atoms with Crippen molar-refractivity contribution < 1.29 is 0 Å². The van der Waals surface area contributed by atoms with E-state index >= 15 is 0 Å². The summed E-state index contributed by atoms with van der Waals surface area (Å²) in [5, 5.41) is 0. The van der Waals surface area contributed by atoms with Crippen LogP contribution in [0.2, 0.25) is 0 Å². The van der Waals surface area contributed by atoms with Gasteiger partial charge in [-0.25, -0.2) is 0 Å². The topological polar surface area (TPSA) is 0 Å². The Bertz CT molecular complexity index is 334. The average Bonchev–Trinajstić information content (AvgIpc) is 2.53. The summed E-state index contributed by atoms with van der Waals surface area (Å²) >= 11 is 0. The first kappa shape index (κ1) is 9.93. The maximum absolute atomic E-state index is 2.55. The summed E-state index contributed by atoms with van der Waals surface area (Å²) < 4.78 is 0. The highest BCUT2D eigenvalue weighted by Gasteiger charge is 2.63. The molecule has 3 atom stereocenters. The van der Waals surface area contributed by atoms with Gasteiger partial charge in [-0.1, -0.05) is 31.9 Å². The highest BCUT2D eigenvalue weighted by Crippen LogP contribution is 2.72. The number of fused-ring (bicyclic) bond motifs is 1. The molecule has 15 heavy (non-hydrogen) atoms. The second-order valence-corrected chi connectivity index (χ2v) is 6.83. The molecule has 2 saturated carbocycles. The summed E-state index contributed by atoms with van der Waals surface area (Å²) in [4.78, 5) is 0. The molecule has 0 aromatic carbocycles. The van der Waals surface area contributed by atoms with E-state index in [0.717, 1.165) is 11.8 Å². The molecule has 0 aromatic rings. The second-order valence-electron chi connectivity index (χ2n) is 6.83. The van der Waals surface area contributed by atoms with Gasteiger partial charge in [-0.05, 0) is 61.7 Å². The molecule has 1 spiro atoms. The Morgan fingerprint density at radius 2 is 1.93 bits per heavy atom. The van der Waals surface area contributed by atoms with Crippen molar-refractivity contribution in [3.8, 4) is 0 Å². The van der Waals surface area contributed by atoms with Crippen LogP contribution in [0.1, 0.15) is 59.8 Å². The Balaban J connectivity index is 2.20. The quantitative estimate of drug-likeness (QED) is 0.507. The van der Waals surface area contributed by atoms with Gasteiger partial charge in [0.15, 0.2) is 0 Å². The van der Waals surface area contributed by atoms with Gasteiger partial charge in [0.05, 0.1) is 0 Å². The molecule has 0 aromatic heterocycles. The Labute approximate surface area is 94.1 Å². The van der Waals surface area contributed by atoms with Crippen LogP contribution in [0.5, 0.6) is 0 Å². The van der Waals surface area contributed by atoms with Crippen LogP contribution < -0.4 is 0 Å². The monoisotopic (exact) mass is 204 g/mol. The molecule has 3 aliphatic carbocycles. The van der Waals surface area contributed by atoms with Crippen molar-refractivity contribution in [2.24, 2.45) is 22.7 Å². The van der Waals surface area contributed by atoms with Crippen molar-refractivity contribution in [2.45, 2.75) is 59.8 Å². The largest absolute Gasteiger partial charge is 0.0735 e. The molecule has 84 valence electrons. The molecule has 3 rings (SSSR count). The van der Waals surface area contributed by atoms with E-state index in [9.17, 15) is 0 Å². The lowest BCUT2D eigenvalue weighted by Crippen LogP contribution is -2.44. The van der Waals surface area contributed by atoms with Gasteiger partial charge in [0, 0.05) is 0 Å². The zero-order valence-corrected chi connectivity index (χ0v) is 10.7. The van der Waals surface area contributed by atoms with Gasteiger partial charge in [-0.2, -0.15) is 0 Å². The molecule has 0 saturated heterocycles. The lowest BCUT2D eigenvalue weighted by molar-refractivity contribution is -0.00753. The van der Waals surface area contributed by atoms with Crippen LogP contribution in [0.25, 0.3) is 0 Å². The molecule has 0 amide bonds. The van der Waals surface area contributed by atoms with Crippen LogP contribution in [0, 0.1) is 22.7 Å². The third-order valence-corrected chi connectivity index (χ3v) is 6.36. The third kappa shape index (κ3) is 0.905. The third-order valence-electron chi connectivity index (χ3n) is 6.36. The van der Waals surface area contributed by atoms with E-state index in [0.29, 0.717) is 10.8 Å². The zero-order valence-electron chi connectivity index (χ0n) is 10.7. The first-order valence-corrected chi connectivity index (χ1v) is 6.69. The van der Waals surface area contributed by atoms with E-state index in [2.05, 4.69) is 27.7 Å². The van der Waals surface area contributed by atoms with Crippen LogP contribution in [-0.2, 0) is 0 Å². The van der Waals surface area contributed by atoms with Crippen molar-refractivity contribution in [3.05, 3.63) is 11.1 Å². The van der Waals surface area contributed by atoms with E-state index in [1.165, 1.54) is 32.1 Å². The summed E-state index contributed by atoms with van der Waals surface area (Å²) in [7, 11) is 0. The van der Waals surface area contributed by atoms with Gasteiger partial charge >= 0.3 is 0 Å². The van der Waals surface area contributed by atoms with Crippen LogP contribution >= 0.6 is 0 Å². The van der Waals surface area contributed by atoms with E-state index in [1.807, 2.05) is 5.57 Å². The van der Waals surface area contributed by atoms with Crippen molar-refractivity contribution in [1.29, 1.82) is 0 Å². The minimum atomic E-state index is 0.581. The van der Waals surface area contributed by atoms with Crippen molar-refractivity contribution in [2.75, 3.05) is 0 Å². The molecule has 3 aliphatic rings. The molecule has 0 unspecified atom stereocenters. The van der Waals surface area contributed by atoms with E-state index in [1.54, 1.807) is 5.57 Å². The summed E-state index contributed by atoms with van der Waals surface area (Å²) in [5.74, 6) is 1.91. The maximum atomic E-state index is 2.55. The van der Waals surface area contributed by atoms with Crippen molar-refractivity contribution in [1.82, 2.24) is 0 Å². The highest BCUT2D eigenvalue weighted by atomic mass is 14.7. The fraction of sp³-hybridized carbons (Fsp3) is 0.867. The predicted molar refractivity (Wildman–Crippen MR) is 64.7 cm³/mol. The minimum absolute atomic E-state index is 0.581. The lowest BCUT2D eigenvalue weighted by atomic mass is 9.53. The van der Waals surface area contributed by atoms with Crippen LogP contribution in [0.3, 0.4) is 0 Å². The number of rotatable bonds is 0. The molecule has 0 heterocycles. The Morgan fingerprint density at radius 3 is 2.67 bits per heavy atom. The molecule has 0 heteroatoms.